The van der Waals surface area contributed by atoms with Crippen LogP contribution in [0.5, 0.6) is 0 Å². The molecule has 0 atom stereocenters. The summed E-state index contributed by atoms with van der Waals surface area (Å²) in [6.07, 6.45) is 3.90. The number of aromatic nitrogens is 1. The van der Waals surface area contributed by atoms with Crippen molar-refractivity contribution in [2.45, 2.75) is 27.5 Å². The van der Waals surface area contributed by atoms with Crippen LogP contribution >= 0.6 is 23.1 Å². The van der Waals surface area contributed by atoms with E-state index >= 15 is 0 Å². The van der Waals surface area contributed by atoms with Crippen molar-refractivity contribution in [2.24, 2.45) is 5.92 Å². The van der Waals surface area contributed by atoms with Gasteiger partial charge in [0.2, 0.25) is 15.9 Å². The lowest BCUT2D eigenvalue weighted by Crippen LogP contribution is -2.41. The number of piperidine rings is 1. The first-order chi connectivity index (χ1) is 15.6. The van der Waals surface area contributed by atoms with Crippen LogP contribution < -0.4 is 5.32 Å². The summed E-state index contributed by atoms with van der Waals surface area (Å²) in [4.78, 5) is 18.6. The first-order valence-corrected chi connectivity index (χ1v) is 15.5. The van der Waals surface area contributed by atoms with Crippen LogP contribution in [0.1, 0.15) is 12.8 Å². The Morgan fingerprint density at radius 2 is 1.70 bits per heavy atom. The molecule has 33 heavy (non-hydrogen) atoms. The van der Waals surface area contributed by atoms with E-state index in [0.717, 1.165) is 11.2 Å². The number of fused-ring (bicyclic) bond motifs is 1. The van der Waals surface area contributed by atoms with Gasteiger partial charge in [-0.3, -0.25) is 4.79 Å². The van der Waals surface area contributed by atoms with E-state index in [1.165, 1.54) is 21.7 Å². The number of hydrogen-bond donors (Lipinski definition) is 1. The summed E-state index contributed by atoms with van der Waals surface area (Å²) >= 11 is 2.76. The fourth-order valence-corrected chi connectivity index (χ4v) is 7.16. The molecule has 0 aliphatic carbocycles. The average molecular weight is 526 g/mol. The monoisotopic (exact) mass is 525 g/mol. The molecule has 1 fully saturated rings. The van der Waals surface area contributed by atoms with E-state index in [1.54, 1.807) is 48.2 Å². The quantitative estimate of drug-likeness (QED) is 0.490. The number of thiazole rings is 1. The first kappa shape index (κ1) is 24.1. The Labute approximate surface area is 201 Å². The maximum Gasteiger partial charge on any atom is 0.243 e. The van der Waals surface area contributed by atoms with Gasteiger partial charge in [-0.2, -0.15) is 4.31 Å². The third-order valence-corrected chi connectivity index (χ3v) is 10.2. The molecule has 8 nitrogen and oxygen atoms in total. The fraction of sp³-hybridized carbons (Fsp3) is 0.333. The smallest absolute Gasteiger partial charge is 0.243 e. The number of carbonyl (C=O) groups is 1. The Morgan fingerprint density at radius 3 is 2.30 bits per heavy atom. The predicted molar refractivity (Wildman–Crippen MR) is 131 cm³/mol. The van der Waals surface area contributed by atoms with Crippen LogP contribution in [-0.4, -0.2) is 57.6 Å². The van der Waals surface area contributed by atoms with E-state index in [-0.39, 0.29) is 34.7 Å². The number of nitrogens with one attached hydrogen (secondary N) is 1. The van der Waals surface area contributed by atoms with Gasteiger partial charge in [-0.15, -0.1) is 11.8 Å². The van der Waals surface area contributed by atoms with Crippen molar-refractivity contribution in [1.82, 2.24) is 9.29 Å². The molecule has 0 saturated carbocycles. The maximum absolute atomic E-state index is 12.9. The minimum atomic E-state index is -3.60. The topological polar surface area (TPSA) is 114 Å². The molecular weight excluding hydrogens is 503 g/mol. The molecule has 0 spiro atoms. The minimum absolute atomic E-state index is 0.202. The van der Waals surface area contributed by atoms with Crippen molar-refractivity contribution in [3.63, 3.8) is 0 Å². The normalized spacial score (nSPS) is 16.2. The van der Waals surface area contributed by atoms with E-state index in [1.807, 2.05) is 6.26 Å². The molecule has 0 unspecified atom stereocenters. The molecular formula is C21H23N3O5S4. The van der Waals surface area contributed by atoms with E-state index in [0.29, 0.717) is 28.2 Å². The van der Waals surface area contributed by atoms with Gasteiger partial charge >= 0.3 is 0 Å². The molecule has 1 saturated heterocycles. The third kappa shape index (κ3) is 5.24. The summed E-state index contributed by atoms with van der Waals surface area (Å²) in [6, 6.07) is 11.5. The molecule has 0 bridgehead atoms. The van der Waals surface area contributed by atoms with Crippen molar-refractivity contribution in [3.8, 4) is 0 Å². The highest BCUT2D eigenvalue weighted by Gasteiger charge is 2.32. The highest BCUT2D eigenvalue weighted by Crippen LogP contribution is 2.30. The van der Waals surface area contributed by atoms with Gasteiger partial charge in [0.25, 0.3) is 0 Å². The molecule has 2 aromatic carbocycles. The number of rotatable bonds is 6. The van der Waals surface area contributed by atoms with Crippen LogP contribution in [0.25, 0.3) is 10.2 Å². The van der Waals surface area contributed by atoms with Crippen LogP contribution in [0.4, 0.5) is 5.13 Å². The van der Waals surface area contributed by atoms with E-state index in [2.05, 4.69) is 10.3 Å². The SMILES string of the molecule is CSc1ccc(S(=O)(=O)N2CCC(C(=O)Nc3nc4ccc(S(C)(=O)=O)cc4s3)CC2)cc1. The zero-order chi connectivity index (χ0) is 23.8. The molecule has 12 heteroatoms. The minimum Gasteiger partial charge on any atom is -0.302 e. The molecule has 1 aromatic heterocycles. The molecule has 1 N–H and O–H groups in total. The van der Waals surface area contributed by atoms with Gasteiger partial charge in [0.1, 0.15) is 0 Å². The summed E-state index contributed by atoms with van der Waals surface area (Å²) in [5.74, 6) is -0.535. The van der Waals surface area contributed by atoms with Crippen LogP contribution in [0.15, 0.2) is 57.2 Å². The second kappa shape index (κ2) is 9.34. The highest BCUT2D eigenvalue weighted by molar-refractivity contribution is 7.98. The molecule has 0 radical (unpaired) electrons. The Bertz CT molecular complexity index is 1390. The van der Waals surface area contributed by atoms with Crippen LogP contribution in [0, 0.1) is 5.92 Å². The Balaban J connectivity index is 1.40. The first-order valence-electron chi connectivity index (χ1n) is 10.1. The number of anilines is 1. The number of amides is 1. The lowest BCUT2D eigenvalue weighted by atomic mass is 9.97. The number of sulfonamides is 1. The van der Waals surface area contributed by atoms with Crippen molar-refractivity contribution in [2.75, 3.05) is 30.9 Å². The zero-order valence-electron chi connectivity index (χ0n) is 18.0. The van der Waals surface area contributed by atoms with Crippen LogP contribution in [0.3, 0.4) is 0 Å². The fourth-order valence-electron chi connectivity index (χ4n) is 3.65. The second-order valence-corrected chi connectivity index (χ2v) is 13.6. The molecule has 1 aliphatic rings. The summed E-state index contributed by atoms with van der Waals surface area (Å²) in [5.41, 5.74) is 0.608. The Kier molecular flexibility index (Phi) is 6.83. The molecule has 176 valence electrons. The van der Waals surface area contributed by atoms with Crippen LogP contribution in [-0.2, 0) is 24.7 Å². The summed E-state index contributed by atoms with van der Waals surface area (Å²) < 4.78 is 51.4. The van der Waals surface area contributed by atoms with Gasteiger partial charge < -0.3 is 5.32 Å². The molecule has 3 aromatic rings. The molecule has 2 heterocycles. The summed E-state index contributed by atoms with van der Waals surface area (Å²) in [5, 5.41) is 3.20. The predicted octanol–water partition coefficient (Wildman–Crippen LogP) is 3.46. The number of nitrogens with zero attached hydrogens (tertiary/aromatic N) is 2. The largest absolute Gasteiger partial charge is 0.302 e. The van der Waals surface area contributed by atoms with Gasteiger partial charge in [0, 0.05) is 30.2 Å². The van der Waals surface area contributed by atoms with Gasteiger partial charge in [-0.1, -0.05) is 11.3 Å². The lowest BCUT2D eigenvalue weighted by molar-refractivity contribution is -0.120. The number of benzene rings is 2. The Hall–Kier alpha value is -1.99. The molecule has 4 rings (SSSR count). The van der Waals surface area contributed by atoms with Gasteiger partial charge in [-0.25, -0.2) is 21.8 Å². The van der Waals surface area contributed by atoms with Crippen LogP contribution in [0.2, 0.25) is 0 Å². The number of thioether (sulfide) groups is 1. The van der Waals surface area contributed by atoms with Crippen molar-refractivity contribution >= 4 is 64.2 Å². The lowest BCUT2D eigenvalue weighted by Gasteiger charge is -2.30. The molecule has 1 amide bonds. The van der Waals surface area contributed by atoms with E-state index in [9.17, 15) is 21.6 Å². The standard InChI is InChI=1S/C21H23N3O5S4/c1-30-15-3-5-16(6-4-15)33(28,29)24-11-9-14(10-12-24)20(25)23-21-22-18-8-7-17(32(2,26)27)13-19(18)31-21/h3-8,13-14H,9-12H2,1-2H3,(H,22,23,25). The summed E-state index contributed by atoms with van der Waals surface area (Å²) in [6.45, 7) is 0.532. The van der Waals surface area contributed by atoms with Gasteiger partial charge in [0.15, 0.2) is 15.0 Å². The highest BCUT2D eigenvalue weighted by atomic mass is 32.2. The second-order valence-electron chi connectivity index (χ2n) is 7.76. The van der Waals surface area contributed by atoms with E-state index in [4.69, 9.17) is 0 Å². The zero-order valence-corrected chi connectivity index (χ0v) is 21.3. The molecule has 1 aliphatic heterocycles. The average Bonchev–Trinajstić information content (AvgIpc) is 3.20. The van der Waals surface area contributed by atoms with Gasteiger partial charge in [0.05, 0.1) is 20.0 Å². The van der Waals surface area contributed by atoms with Crippen molar-refractivity contribution in [3.05, 3.63) is 42.5 Å². The summed E-state index contributed by atoms with van der Waals surface area (Å²) in [7, 11) is -6.93. The number of carbonyl (C=O) groups excluding carboxylic acids is 1. The maximum atomic E-state index is 12.9. The van der Waals surface area contributed by atoms with Crippen molar-refractivity contribution in [1.29, 1.82) is 0 Å². The van der Waals surface area contributed by atoms with Crippen molar-refractivity contribution < 1.29 is 21.6 Å². The van der Waals surface area contributed by atoms with Gasteiger partial charge in [-0.05, 0) is 61.6 Å². The Morgan fingerprint density at radius 1 is 1.06 bits per heavy atom. The van der Waals surface area contributed by atoms with E-state index < -0.39 is 19.9 Å². The third-order valence-electron chi connectivity index (χ3n) is 5.54. The number of hydrogen-bond acceptors (Lipinski definition) is 8. The number of sulfone groups is 1.